The van der Waals surface area contributed by atoms with Crippen LogP contribution < -0.4 is 0 Å². The van der Waals surface area contributed by atoms with Gasteiger partial charge in [-0.3, -0.25) is 9.69 Å². The predicted octanol–water partition coefficient (Wildman–Crippen LogP) is 5.86. The maximum atomic E-state index is 12.3. The van der Waals surface area contributed by atoms with E-state index in [1.54, 1.807) is 23.1 Å². The van der Waals surface area contributed by atoms with Gasteiger partial charge in [-0.15, -0.1) is 0 Å². The van der Waals surface area contributed by atoms with Crippen LogP contribution in [0.1, 0.15) is 19.1 Å². The van der Waals surface area contributed by atoms with Gasteiger partial charge >= 0.3 is 0 Å². The Morgan fingerprint density at radius 3 is 2.75 bits per heavy atom. The lowest BCUT2D eigenvalue weighted by molar-refractivity contribution is -0.122. The van der Waals surface area contributed by atoms with Gasteiger partial charge in [0.15, 0.2) is 0 Å². The Bertz CT molecular complexity index is 845. The summed E-state index contributed by atoms with van der Waals surface area (Å²) in [7, 11) is 0. The highest BCUT2D eigenvalue weighted by Gasteiger charge is 2.31. The summed E-state index contributed by atoms with van der Waals surface area (Å²) in [5, 5.41) is 0.958. The van der Waals surface area contributed by atoms with E-state index < -0.39 is 0 Å². The van der Waals surface area contributed by atoms with E-state index in [-0.39, 0.29) is 5.91 Å². The van der Waals surface area contributed by atoms with Crippen molar-refractivity contribution in [2.75, 3.05) is 6.54 Å². The van der Waals surface area contributed by atoms with E-state index in [1.165, 1.54) is 11.8 Å². The Hall–Kier alpha value is -1.27. The first-order valence-corrected chi connectivity index (χ1v) is 9.28. The molecule has 0 spiro atoms. The van der Waals surface area contributed by atoms with Crippen molar-refractivity contribution in [1.82, 2.24) is 4.90 Å². The van der Waals surface area contributed by atoms with E-state index in [0.29, 0.717) is 37.3 Å². The molecule has 7 heteroatoms. The fraction of sp³-hybridized carbons (Fsp3) is 0.176. The molecule has 1 aliphatic rings. The molecule has 124 valence electrons. The van der Waals surface area contributed by atoms with Crippen LogP contribution in [0, 0.1) is 0 Å². The van der Waals surface area contributed by atoms with Gasteiger partial charge < -0.3 is 4.42 Å². The number of hydrogen-bond acceptors (Lipinski definition) is 4. The standard InChI is InChI=1S/C17H13Cl2NO2S2/c1-2-7-20-16(21)15(24-17(20)23)9-11-4-6-14(22-11)10-3-5-12(18)13(19)8-10/h3-6,8-9H,2,7H2,1H3/b15-9+. The molecule has 1 aromatic heterocycles. The van der Waals surface area contributed by atoms with Gasteiger partial charge in [-0.2, -0.15) is 0 Å². The average Bonchev–Trinajstić information content (AvgIpc) is 3.11. The zero-order chi connectivity index (χ0) is 17.3. The minimum Gasteiger partial charge on any atom is -0.457 e. The zero-order valence-corrected chi connectivity index (χ0v) is 15.9. The Morgan fingerprint density at radius 1 is 1.25 bits per heavy atom. The number of amides is 1. The smallest absolute Gasteiger partial charge is 0.266 e. The molecule has 0 bridgehead atoms. The van der Waals surface area contributed by atoms with Crippen LogP contribution in [0.25, 0.3) is 17.4 Å². The van der Waals surface area contributed by atoms with Crippen molar-refractivity contribution in [2.45, 2.75) is 13.3 Å². The lowest BCUT2D eigenvalue weighted by Gasteiger charge is -2.11. The minimum absolute atomic E-state index is 0.0701. The molecular weight excluding hydrogens is 385 g/mol. The highest BCUT2D eigenvalue weighted by Crippen LogP contribution is 2.34. The summed E-state index contributed by atoms with van der Waals surface area (Å²) < 4.78 is 6.39. The molecule has 0 aliphatic carbocycles. The number of carbonyl (C=O) groups excluding carboxylic acids is 1. The van der Waals surface area contributed by atoms with Crippen LogP contribution in [0.3, 0.4) is 0 Å². The maximum Gasteiger partial charge on any atom is 0.266 e. The van der Waals surface area contributed by atoms with E-state index in [4.69, 9.17) is 39.8 Å². The highest BCUT2D eigenvalue weighted by molar-refractivity contribution is 8.26. The number of thiocarbonyl (C=S) groups is 1. The number of benzene rings is 1. The molecule has 1 fully saturated rings. The van der Waals surface area contributed by atoms with E-state index in [1.807, 2.05) is 25.1 Å². The van der Waals surface area contributed by atoms with Crippen LogP contribution in [0.4, 0.5) is 0 Å². The summed E-state index contributed by atoms with van der Waals surface area (Å²) in [6, 6.07) is 8.93. The Labute approximate surface area is 159 Å². The van der Waals surface area contributed by atoms with Crippen LogP contribution in [0.15, 0.2) is 39.7 Å². The highest BCUT2D eigenvalue weighted by atomic mass is 35.5. The van der Waals surface area contributed by atoms with Crippen molar-refractivity contribution in [1.29, 1.82) is 0 Å². The first-order valence-electron chi connectivity index (χ1n) is 7.30. The quantitative estimate of drug-likeness (QED) is 0.477. The summed E-state index contributed by atoms with van der Waals surface area (Å²) in [6.45, 7) is 2.65. The predicted molar refractivity (Wildman–Crippen MR) is 104 cm³/mol. The van der Waals surface area contributed by atoms with Crippen LogP contribution in [-0.4, -0.2) is 21.7 Å². The maximum absolute atomic E-state index is 12.3. The van der Waals surface area contributed by atoms with Gasteiger partial charge in [-0.25, -0.2) is 0 Å². The normalized spacial score (nSPS) is 16.5. The molecule has 0 saturated carbocycles. The molecule has 1 aliphatic heterocycles. The van der Waals surface area contributed by atoms with Crippen LogP contribution in [0.2, 0.25) is 10.0 Å². The van der Waals surface area contributed by atoms with Gasteiger partial charge in [-0.1, -0.05) is 54.1 Å². The summed E-state index contributed by atoms with van der Waals surface area (Å²) >= 11 is 18.5. The third-order valence-corrected chi connectivity index (χ3v) is 5.54. The van der Waals surface area contributed by atoms with Gasteiger partial charge in [0.1, 0.15) is 15.8 Å². The van der Waals surface area contributed by atoms with Gasteiger partial charge in [0.2, 0.25) is 0 Å². The molecule has 3 rings (SSSR count). The molecule has 2 heterocycles. The van der Waals surface area contributed by atoms with Crippen molar-refractivity contribution in [3.05, 3.63) is 51.0 Å². The van der Waals surface area contributed by atoms with Crippen molar-refractivity contribution in [3.8, 4) is 11.3 Å². The average molecular weight is 398 g/mol. The van der Waals surface area contributed by atoms with Crippen LogP contribution in [-0.2, 0) is 4.79 Å². The Balaban J connectivity index is 1.85. The molecule has 1 saturated heterocycles. The van der Waals surface area contributed by atoms with Gasteiger partial charge in [0, 0.05) is 18.2 Å². The molecule has 0 unspecified atom stereocenters. The largest absolute Gasteiger partial charge is 0.457 e. The number of rotatable bonds is 4. The Morgan fingerprint density at radius 2 is 2.04 bits per heavy atom. The van der Waals surface area contributed by atoms with Crippen LogP contribution >= 0.6 is 47.2 Å². The third-order valence-electron chi connectivity index (χ3n) is 3.43. The molecule has 1 amide bonds. The van der Waals surface area contributed by atoms with Crippen molar-refractivity contribution < 1.29 is 9.21 Å². The lowest BCUT2D eigenvalue weighted by Crippen LogP contribution is -2.28. The number of furan rings is 1. The molecule has 1 aromatic carbocycles. The second-order valence-corrected chi connectivity index (χ2v) is 7.65. The molecule has 0 N–H and O–H groups in total. The molecule has 0 radical (unpaired) electrons. The fourth-order valence-corrected chi connectivity index (χ4v) is 3.87. The second-order valence-electron chi connectivity index (χ2n) is 5.16. The monoisotopic (exact) mass is 397 g/mol. The van der Waals surface area contributed by atoms with Crippen molar-refractivity contribution in [2.24, 2.45) is 0 Å². The summed E-state index contributed by atoms with van der Waals surface area (Å²) in [5.41, 5.74) is 0.822. The fourth-order valence-electron chi connectivity index (χ4n) is 2.28. The van der Waals surface area contributed by atoms with E-state index in [0.717, 1.165) is 12.0 Å². The van der Waals surface area contributed by atoms with E-state index >= 15 is 0 Å². The first-order chi connectivity index (χ1) is 11.5. The third kappa shape index (κ3) is 3.54. The molecular formula is C17H13Cl2NO2S2. The topological polar surface area (TPSA) is 33.5 Å². The number of hydrogen-bond donors (Lipinski definition) is 0. The van der Waals surface area contributed by atoms with Crippen molar-refractivity contribution in [3.63, 3.8) is 0 Å². The summed E-state index contributed by atoms with van der Waals surface area (Å²) in [6.07, 6.45) is 2.58. The first kappa shape index (κ1) is 17.5. The summed E-state index contributed by atoms with van der Waals surface area (Å²) in [4.78, 5) is 14.5. The number of halogens is 2. The van der Waals surface area contributed by atoms with Gasteiger partial charge in [0.05, 0.1) is 15.0 Å². The van der Waals surface area contributed by atoms with E-state index in [2.05, 4.69) is 0 Å². The SMILES string of the molecule is CCCN1C(=O)/C(=C\c2ccc(-c3ccc(Cl)c(Cl)c3)o2)SC1=S. The Kier molecular flexibility index (Phi) is 5.35. The van der Waals surface area contributed by atoms with Crippen molar-refractivity contribution >= 4 is 63.5 Å². The van der Waals surface area contributed by atoms with Gasteiger partial charge in [0.25, 0.3) is 5.91 Å². The molecule has 3 nitrogen and oxygen atoms in total. The molecule has 0 atom stereocenters. The number of carbonyl (C=O) groups is 1. The van der Waals surface area contributed by atoms with E-state index in [9.17, 15) is 4.79 Å². The molecule has 24 heavy (non-hydrogen) atoms. The number of thioether (sulfide) groups is 1. The van der Waals surface area contributed by atoms with Gasteiger partial charge in [-0.05, 0) is 36.8 Å². The zero-order valence-electron chi connectivity index (χ0n) is 12.7. The van der Waals surface area contributed by atoms with Crippen LogP contribution in [0.5, 0.6) is 0 Å². The minimum atomic E-state index is -0.0701. The molecule has 2 aromatic rings. The lowest BCUT2D eigenvalue weighted by atomic mass is 10.2. The summed E-state index contributed by atoms with van der Waals surface area (Å²) in [5.74, 6) is 1.18. The number of nitrogens with zero attached hydrogens (tertiary/aromatic N) is 1. The second kappa shape index (κ2) is 7.31.